The third kappa shape index (κ3) is 5.49. The van der Waals surface area contributed by atoms with Crippen LogP contribution in [0.25, 0.3) is 11.3 Å². The highest BCUT2D eigenvalue weighted by Gasteiger charge is 2.17. The van der Waals surface area contributed by atoms with Crippen LogP contribution in [0, 0.1) is 0 Å². The number of aromatic nitrogens is 1. The van der Waals surface area contributed by atoms with Gasteiger partial charge in [-0.2, -0.15) is 0 Å². The van der Waals surface area contributed by atoms with E-state index in [0.717, 1.165) is 40.1 Å². The number of carbonyl (C=O) groups excluding carboxylic acids is 1. The number of benzene rings is 2. The standard InChI is InChI=1S/C22H21Cl2N3OS2/c23-16-6-4-15(5-7-16)19-13-29-22(26-19)30-14-21(28)25-18-12-17(24)8-9-20(18)27-10-2-1-3-11-27/h4-9,12-13H,1-3,10-11,14H2,(H,25,28). The molecule has 8 heteroatoms. The molecule has 2 heterocycles. The molecule has 0 atom stereocenters. The summed E-state index contributed by atoms with van der Waals surface area (Å²) in [6, 6.07) is 13.3. The Morgan fingerprint density at radius 3 is 2.57 bits per heavy atom. The SMILES string of the molecule is O=C(CSc1nc(-c2ccc(Cl)cc2)cs1)Nc1cc(Cl)ccc1N1CCCCC1. The predicted molar refractivity (Wildman–Crippen MR) is 129 cm³/mol. The number of amides is 1. The maximum atomic E-state index is 12.6. The molecule has 1 aliphatic rings. The van der Waals surface area contributed by atoms with Crippen LogP contribution < -0.4 is 10.2 Å². The second kappa shape index (κ2) is 10.1. The van der Waals surface area contributed by atoms with Gasteiger partial charge in [-0.15, -0.1) is 11.3 Å². The smallest absolute Gasteiger partial charge is 0.234 e. The maximum absolute atomic E-state index is 12.6. The quantitative estimate of drug-likeness (QED) is 0.394. The number of rotatable bonds is 6. The van der Waals surface area contributed by atoms with E-state index >= 15 is 0 Å². The van der Waals surface area contributed by atoms with Gasteiger partial charge in [0.05, 0.1) is 22.8 Å². The normalized spacial score (nSPS) is 14.0. The molecule has 0 radical (unpaired) electrons. The fraction of sp³-hybridized carbons (Fsp3) is 0.273. The number of thioether (sulfide) groups is 1. The summed E-state index contributed by atoms with van der Waals surface area (Å²) in [4.78, 5) is 19.6. The van der Waals surface area contributed by atoms with Gasteiger partial charge in [0.15, 0.2) is 4.34 Å². The Labute approximate surface area is 194 Å². The third-order valence-electron chi connectivity index (χ3n) is 4.88. The van der Waals surface area contributed by atoms with E-state index in [9.17, 15) is 4.79 Å². The molecule has 1 amide bonds. The van der Waals surface area contributed by atoms with Gasteiger partial charge in [0.2, 0.25) is 5.91 Å². The third-order valence-corrected chi connectivity index (χ3v) is 7.39. The molecular weight excluding hydrogens is 457 g/mol. The molecule has 1 saturated heterocycles. The first-order valence-corrected chi connectivity index (χ1v) is 12.4. The van der Waals surface area contributed by atoms with Crippen LogP contribution in [0.15, 0.2) is 52.2 Å². The fourth-order valence-electron chi connectivity index (χ4n) is 3.41. The van der Waals surface area contributed by atoms with Crippen molar-refractivity contribution in [2.45, 2.75) is 23.6 Å². The maximum Gasteiger partial charge on any atom is 0.234 e. The molecule has 0 saturated carbocycles. The molecule has 1 fully saturated rings. The van der Waals surface area contributed by atoms with E-state index in [-0.39, 0.29) is 5.91 Å². The molecule has 0 bridgehead atoms. The molecule has 156 valence electrons. The number of thiazole rings is 1. The molecule has 3 aromatic rings. The molecule has 0 spiro atoms. The number of anilines is 2. The minimum absolute atomic E-state index is 0.0660. The van der Waals surface area contributed by atoms with Crippen molar-refractivity contribution in [3.63, 3.8) is 0 Å². The Morgan fingerprint density at radius 1 is 1.07 bits per heavy atom. The van der Waals surface area contributed by atoms with Crippen LogP contribution in [0.4, 0.5) is 11.4 Å². The summed E-state index contributed by atoms with van der Waals surface area (Å²) in [5.74, 6) is 0.225. The molecule has 2 aromatic carbocycles. The number of nitrogens with zero attached hydrogens (tertiary/aromatic N) is 2. The van der Waals surface area contributed by atoms with Gasteiger partial charge in [0.25, 0.3) is 0 Å². The molecule has 4 nitrogen and oxygen atoms in total. The molecule has 1 aromatic heterocycles. The summed E-state index contributed by atoms with van der Waals surface area (Å²) in [6.45, 7) is 2.01. The second-order valence-corrected chi connectivity index (χ2v) is 10.0. The van der Waals surface area contributed by atoms with Crippen molar-refractivity contribution in [3.8, 4) is 11.3 Å². The van der Waals surface area contributed by atoms with Gasteiger partial charge in [-0.25, -0.2) is 4.98 Å². The van der Waals surface area contributed by atoms with Crippen molar-refractivity contribution < 1.29 is 4.79 Å². The lowest BCUT2D eigenvalue weighted by atomic mass is 10.1. The molecule has 0 unspecified atom stereocenters. The number of halogens is 2. The highest BCUT2D eigenvalue weighted by molar-refractivity contribution is 8.01. The molecule has 1 aliphatic heterocycles. The van der Waals surface area contributed by atoms with E-state index in [0.29, 0.717) is 15.8 Å². The van der Waals surface area contributed by atoms with E-state index in [1.807, 2.05) is 47.8 Å². The van der Waals surface area contributed by atoms with Gasteiger partial charge in [-0.05, 0) is 49.6 Å². The van der Waals surface area contributed by atoms with Crippen LogP contribution in [0.2, 0.25) is 10.0 Å². The van der Waals surface area contributed by atoms with Crippen molar-refractivity contribution in [2.24, 2.45) is 0 Å². The highest BCUT2D eigenvalue weighted by Crippen LogP contribution is 2.32. The summed E-state index contributed by atoms with van der Waals surface area (Å²) >= 11 is 15.1. The van der Waals surface area contributed by atoms with Gasteiger partial charge in [0.1, 0.15) is 0 Å². The average molecular weight is 478 g/mol. The van der Waals surface area contributed by atoms with Crippen molar-refractivity contribution in [2.75, 3.05) is 29.1 Å². The first-order chi connectivity index (χ1) is 14.6. The van der Waals surface area contributed by atoms with Crippen molar-refractivity contribution in [1.29, 1.82) is 0 Å². The highest BCUT2D eigenvalue weighted by atomic mass is 35.5. The lowest BCUT2D eigenvalue weighted by molar-refractivity contribution is -0.113. The van der Waals surface area contributed by atoms with Gasteiger partial charge < -0.3 is 10.2 Å². The number of nitrogens with one attached hydrogen (secondary N) is 1. The van der Waals surface area contributed by atoms with Crippen LogP contribution in [0.1, 0.15) is 19.3 Å². The first-order valence-electron chi connectivity index (χ1n) is 9.77. The van der Waals surface area contributed by atoms with Crippen LogP contribution >= 0.6 is 46.3 Å². The molecule has 30 heavy (non-hydrogen) atoms. The summed E-state index contributed by atoms with van der Waals surface area (Å²) in [5, 5.41) is 6.35. The largest absolute Gasteiger partial charge is 0.370 e. The molecular formula is C22H21Cl2N3OS2. The van der Waals surface area contributed by atoms with Gasteiger partial charge >= 0.3 is 0 Å². The lowest BCUT2D eigenvalue weighted by Crippen LogP contribution is -2.30. The number of piperidine rings is 1. The molecule has 0 aliphatic carbocycles. The monoisotopic (exact) mass is 477 g/mol. The van der Waals surface area contributed by atoms with Crippen LogP contribution in [0.5, 0.6) is 0 Å². The van der Waals surface area contributed by atoms with E-state index in [2.05, 4.69) is 15.2 Å². The first kappa shape index (κ1) is 21.5. The minimum Gasteiger partial charge on any atom is -0.370 e. The Bertz CT molecular complexity index is 1020. The summed E-state index contributed by atoms with van der Waals surface area (Å²) in [7, 11) is 0. The van der Waals surface area contributed by atoms with Crippen molar-refractivity contribution >= 4 is 63.6 Å². The topological polar surface area (TPSA) is 45.2 Å². The minimum atomic E-state index is -0.0660. The van der Waals surface area contributed by atoms with E-state index in [1.54, 1.807) is 0 Å². The fourth-order valence-corrected chi connectivity index (χ4v) is 5.34. The van der Waals surface area contributed by atoms with E-state index in [1.165, 1.54) is 42.4 Å². The zero-order valence-corrected chi connectivity index (χ0v) is 19.4. The van der Waals surface area contributed by atoms with E-state index in [4.69, 9.17) is 23.2 Å². The zero-order chi connectivity index (χ0) is 20.9. The lowest BCUT2D eigenvalue weighted by Gasteiger charge is -2.30. The average Bonchev–Trinajstić information content (AvgIpc) is 3.23. The van der Waals surface area contributed by atoms with Gasteiger partial charge in [0, 0.05) is 34.1 Å². The van der Waals surface area contributed by atoms with E-state index < -0.39 is 0 Å². The second-order valence-electron chi connectivity index (χ2n) is 7.05. The predicted octanol–water partition coefficient (Wildman–Crippen LogP) is 6.84. The van der Waals surface area contributed by atoms with Crippen molar-refractivity contribution in [1.82, 2.24) is 4.98 Å². The summed E-state index contributed by atoms with van der Waals surface area (Å²) < 4.78 is 0.859. The van der Waals surface area contributed by atoms with Gasteiger partial charge in [-0.1, -0.05) is 47.1 Å². The summed E-state index contributed by atoms with van der Waals surface area (Å²) in [5.41, 5.74) is 3.71. The Balaban J connectivity index is 1.38. The number of carbonyl (C=O) groups is 1. The molecule has 1 N–H and O–H groups in total. The van der Waals surface area contributed by atoms with Crippen LogP contribution in [-0.4, -0.2) is 29.7 Å². The van der Waals surface area contributed by atoms with Gasteiger partial charge in [-0.3, -0.25) is 4.79 Å². The zero-order valence-electron chi connectivity index (χ0n) is 16.2. The number of hydrogen-bond donors (Lipinski definition) is 1. The Morgan fingerprint density at radius 2 is 1.80 bits per heavy atom. The van der Waals surface area contributed by atoms with Crippen LogP contribution in [0.3, 0.4) is 0 Å². The van der Waals surface area contributed by atoms with Crippen LogP contribution in [-0.2, 0) is 4.79 Å². The molecule has 4 rings (SSSR count). The Hall–Kier alpha value is -1.73. The van der Waals surface area contributed by atoms with Crippen molar-refractivity contribution in [3.05, 3.63) is 57.9 Å². The number of hydrogen-bond acceptors (Lipinski definition) is 5. The summed E-state index contributed by atoms with van der Waals surface area (Å²) in [6.07, 6.45) is 3.60. The Kier molecular flexibility index (Phi) is 7.20.